The normalized spacial score (nSPS) is 10.5. The van der Waals surface area contributed by atoms with Crippen molar-refractivity contribution in [3.05, 3.63) is 70.3 Å². The van der Waals surface area contributed by atoms with Gasteiger partial charge in [0.25, 0.3) is 0 Å². The van der Waals surface area contributed by atoms with Crippen molar-refractivity contribution < 1.29 is 9.18 Å². The predicted molar refractivity (Wildman–Crippen MR) is 91.0 cm³/mol. The van der Waals surface area contributed by atoms with E-state index in [4.69, 9.17) is 0 Å². The van der Waals surface area contributed by atoms with E-state index in [0.717, 1.165) is 16.3 Å². The number of amides is 1. The molecule has 116 valence electrons. The minimum absolute atomic E-state index is 0.00288. The van der Waals surface area contributed by atoms with E-state index in [9.17, 15) is 9.18 Å². The molecule has 3 aromatic rings. The quantitative estimate of drug-likeness (QED) is 0.770. The first-order chi connectivity index (χ1) is 11.1. The standard InChI is InChI=1S/C18H15FN2OS/c1-12-20-17(11-23-12)14-7-3-5-9-16(14)21-18(22)10-13-6-2-4-8-15(13)19/h2-9,11H,10H2,1H3,(H,21,22). The van der Waals surface area contributed by atoms with Crippen LogP contribution in [0.25, 0.3) is 11.3 Å². The van der Waals surface area contributed by atoms with E-state index in [2.05, 4.69) is 10.3 Å². The third kappa shape index (κ3) is 3.63. The van der Waals surface area contributed by atoms with Gasteiger partial charge in [-0.15, -0.1) is 11.3 Å². The summed E-state index contributed by atoms with van der Waals surface area (Å²) in [4.78, 5) is 16.7. The Kier molecular flexibility index (Phi) is 4.48. The molecule has 5 heteroatoms. The summed E-state index contributed by atoms with van der Waals surface area (Å²) in [5.74, 6) is -0.624. The van der Waals surface area contributed by atoms with Gasteiger partial charge in [0.15, 0.2) is 0 Å². The number of hydrogen-bond acceptors (Lipinski definition) is 3. The number of nitrogens with one attached hydrogen (secondary N) is 1. The van der Waals surface area contributed by atoms with Crippen LogP contribution in [-0.4, -0.2) is 10.9 Å². The molecule has 0 aliphatic rings. The number of thiazole rings is 1. The van der Waals surface area contributed by atoms with Crippen molar-refractivity contribution in [3.8, 4) is 11.3 Å². The van der Waals surface area contributed by atoms with Gasteiger partial charge in [-0.3, -0.25) is 4.79 Å². The molecule has 0 fully saturated rings. The van der Waals surface area contributed by atoms with Crippen LogP contribution in [0.4, 0.5) is 10.1 Å². The van der Waals surface area contributed by atoms with Gasteiger partial charge in [0, 0.05) is 10.9 Å². The lowest BCUT2D eigenvalue weighted by atomic mass is 10.1. The first kappa shape index (κ1) is 15.4. The number of benzene rings is 2. The molecule has 0 unspecified atom stereocenters. The number of nitrogens with zero attached hydrogens (tertiary/aromatic N) is 1. The summed E-state index contributed by atoms with van der Waals surface area (Å²) >= 11 is 1.56. The highest BCUT2D eigenvalue weighted by Crippen LogP contribution is 2.28. The zero-order chi connectivity index (χ0) is 16.2. The molecule has 0 bridgehead atoms. The number of aromatic nitrogens is 1. The molecule has 0 radical (unpaired) electrons. The highest BCUT2D eigenvalue weighted by Gasteiger charge is 2.12. The summed E-state index contributed by atoms with van der Waals surface area (Å²) in [7, 11) is 0. The molecule has 1 N–H and O–H groups in total. The first-order valence-corrected chi connectivity index (χ1v) is 8.06. The van der Waals surface area contributed by atoms with E-state index in [0.29, 0.717) is 11.3 Å². The molecule has 2 aromatic carbocycles. The van der Waals surface area contributed by atoms with Gasteiger partial charge in [-0.25, -0.2) is 9.37 Å². The SMILES string of the molecule is Cc1nc(-c2ccccc2NC(=O)Cc2ccccc2F)cs1. The lowest BCUT2D eigenvalue weighted by Gasteiger charge is -2.10. The monoisotopic (exact) mass is 326 g/mol. The molecule has 1 heterocycles. The average Bonchev–Trinajstić information content (AvgIpc) is 2.96. The average molecular weight is 326 g/mol. The van der Waals surface area contributed by atoms with Crippen LogP contribution in [-0.2, 0) is 11.2 Å². The number of rotatable bonds is 4. The number of carbonyl (C=O) groups is 1. The Hall–Kier alpha value is -2.53. The summed E-state index contributed by atoms with van der Waals surface area (Å²) in [6.45, 7) is 1.94. The molecular weight excluding hydrogens is 311 g/mol. The summed E-state index contributed by atoms with van der Waals surface area (Å²) in [6.07, 6.45) is -0.00288. The minimum Gasteiger partial charge on any atom is -0.325 e. The topological polar surface area (TPSA) is 42.0 Å². The highest BCUT2D eigenvalue weighted by atomic mass is 32.1. The Morgan fingerprint density at radius 3 is 2.65 bits per heavy atom. The minimum atomic E-state index is -0.369. The number of halogens is 1. The third-order valence-corrected chi connectivity index (χ3v) is 4.18. The number of anilines is 1. The third-order valence-electron chi connectivity index (χ3n) is 3.40. The Labute approximate surface area is 137 Å². The van der Waals surface area contributed by atoms with Crippen molar-refractivity contribution in [1.29, 1.82) is 0 Å². The number of aryl methyl sites for hydroxylation is 1. The molecule has 0 saturated heterocycles. The van der Waals surface area contributed by atoms with Gasteiger partial charge in [-0.2, -0.15) is 0 Å². The van der Waals surface area contributed by atoms with Gasteiger partial charge >= 0.3 is 0 Å². The van der Waals surface area contributed by atoms with Crippen molar-refractivity contribution >= 4 is 22.9 Å². The molecule has 3 rings (SSSR count). The second-order valence-corrected chi connectivity index (χ2v) is 6.18. The number of hydrogen-bond donors (Lipinski definition) is 1. The summed E-state index contributed by atoms with van der Waals surface area (Å²) in [6, 6.07) is 13.8. The van der Waals surface area contributed by atoms with Crippen LogP contribution in [0.1, 0.15) is 10.6 Å². The van der Waals surface area contributed by atoms with Crippen molar-refractivity contribution in [2.24, 2.45) is 0 Å². The first-order valence-electron chi connectivity index (χ1n) is 7.18. The van der Waals surface area contributed by atoms with Crippen molar-refractivity contribution in [1.82, 2.24) is 4.98 Å². The van der Waals surface area contributed by atoms with Gasteiger partial charge < -0.3 is 5.32 Å². The van der Waals surface area contributed by atoms with Gasteiger partial charge in [0.05, 0.1) is 22.8 Å². The van der Waals surface area contributed by atoms with Crippen LogP contribution >= 0.6 is 11.3 Å². The maximum absolute atomic E-state index is 13.6. The van der Waals surface area contributed by atoms with Gasteiger partial charge in [-0.1, -0.05) is 36.4 Å². The summed E-state index contributed by atoms with van der Waals surface area (Å²) in [5.41, 5.74) is 2.75. The molecule has 0 saturated carbocycles. The van der Waals surface area contributed by atoms with Gasteiger partial charge in [-0.05, 0) is 24.6 Å². The second-order valence-electron chi connectivity index (χ2n) is 5.11. The van der Waals surface area contributed by atoms with Crippen molar-refractivity contribution in [3.63, 3.8) is 0 Å². The van der Waals surface area contributed by atoms with Crippen LogP contribution < -0.4 is 5.32 Å². The zero-order valence-electron chi connectivity index (χ0n) is 12.5. The molecular formula is C18H15FN2OS. The Bertz CT molecular complexity index is 844. The van der Waals surface area contributed by atoms with Crippen LogP contribution in [0.3, 0.4) is 0 Å². The van der Waals surface area contributed by atoms with Gasteiger partial charge in [0.1, 0.15) is 5.82 Å². The smallest absolute Gasteiger partial charge is 0.228 e. The largest absolute Gasteiger partial charge is 0.325 e. The summed E-state index contributed by atoms with van der Waals surface area (Å²) < 4.78 is 13.6. The Morgan fingerprint density at radius 1 is 1.17 bits per heavy atom. The van der Waals surface area contributed by atoms with Crippen LogP contribution in [0.5, 0.6) is 0 Å². The van der Waals surface area contributed by atoms with E-state index in [-0.39, 0.29) is 18.1 Å². The fourth-order valence-electron chi connectivity index (χ4n) is 2.31. The Balaban J connectivity index is 1.81. The van der Waals surface area contributed by atoms with E-state index < -0.39 is 0 Å². The van der Waals surface area contributed by atoms with Crippen LogP contribution in [0.15, 0.2) is 53.9 Å². The van der Waals surface area contributed by atoms with E-state index in [1.165, 1.54) is 6.07 Å². The molecule has 0 aliphatic carbocycles. The maximum atomic E-state index is 13.6. The Morgan fingerprint density at radius 2 is 1.91 bits per heavy atom. The lowest BCUT2D eigenvalue weighted by molar-refractivity contribution is -0.115. The fraction of sp³-hybridized carbons (Fsp3) is 0.111. The van der Waals surface area contributed by atoms with Crippen molar-refractivity contribution in [2.45, 2.75) is 13.3 Å². The highest BCUT2D eigenvalue weighted by molar-refractivity contribution is 7.09. The molecule has 1 aromatic heterocycles. The lowest BCUT2D eigenvalue weighted by Crippen LogP contribution is -2.15. The number of carbonyl (C=O) groups excluding carboxylic acids is 1. The molecule has 0 spiro atoms. The van der Waals surface area contributed by atoms with Gasteiger partial charge in [0.2, 0.25) is 5.91 Å². The van der Waals surface area contributed by atoms with E-state index in [1.807, 2.05) is 36.6 Å². The molecule has 0 aliphatic heterocycles. The predicted octanol–water partition coefficient (Wildman–Crippen LogP) is 4.44. The number of para-hydroxylation sites is 1. The fourth-order valence-corrected chi connectivity index (χ4v) is 2.92. The molecule has 1 amide bonds. The molecule has 0 atom stereocenters. The summed E-state index contributed by atoms with van der Waals surface area (Å²) in [5, 5.41) is 5.77. The van der Waals surface area contributed by atoms with Crippen molar-refractivity contribution in [2.75, 3.05) is 5.32 Å². The van der Waals surface area contributed by atoms with Crippen LogP contribution in [0.2, 0.25) is 0 Å². The molecule has 23 heavy (non-hydrogen) atoms. The van der Waals surface area contributed by atoms with E-state index in [1.54, 1.807) is 29.5 Å². The maximum Gasteiger partial charge on any atom is 0.228 e. The van der Waals surface area contributed by atoms with Crippen LogP contribution in [0, 0.1) is 12.7 Å². The molecule has 3 nitrogen and oxygen atoms in total. The van der Waals surface area contributed by atoms with E-state index >= 15 is 0 Å². The second kappa shape index (κ2) is 6.71. The zero-order valence-corrected chi connectivity index (χ0v) is 13.4.